The second kappa shape index (κ2) is 7.31. The van der Waals surface area contributed by atoms with E-state index in [1.54, 1.807) is 17.0 Å². The molecule has 168 valence electrons. The first kappa shape index (κ1) is 20.2. The molecule has 0 bridgehead atoms. The number of carbonyl (C=O) groups excluding carboxylic acids is 2. The van der Waals surface area contributed by atoms with Crippen molar-refractivity contribution in [3.8, 4) is 0 Å². The van der Waals surface area contributed by atoms with Gasteiger partial charge in [-0.2, -0.15) is 0 Å². The number of aromatic nitrogens is 1. The normalized spacial score (nSPS) is 19.4. The number of aryl methyl sites for hydroxylation is 1. The molecule has 0 radical (unpaired) electrons. The number of nitrogens with zero attached hydrogens (tertiary/aromatic N) is 2. The van der Waals surface area contributed by atoms with Crippen molar-refractivity contribution in [3.05, 3.63) is 101 Å². The zero-order valence-electron chi connectivity index (χ0n) is 18.4. The van der Waals surface area contributed by atoms with Gasteiger partial charge in [-0.1, -0.05) is 60.2 Å². The van der Waals surface area contributed by atoms with Crippen LogP contribution < -0.4 is 4.90 Å². The lowest BCUT2D eigenvalue weighted by molar-refractivity contribution is -0.120. The molecule has 6 rings (SSSR count). The fourth-order valence-corrected chi connectivity index (χ4v) is 5.24. The molecule has 7 nitrogen and oxygen atoms in total. The number of amides is 3. The summed E-state index contributed by atoms with van der Waals surface area (Å²) in [6.45, 7) is 2.00. The van der Waals surface area contributed by atoms with Crippen molar-refractivity contribution in [1.82, 2.24) is 9.88 Å². The summed E-state index contributed by atoms with van der Waals surface area (Å²) in [7, 11) is 0. The van der Waals surface area contributed by atoms with E-state index in [-0.39, 0.29) is 11.3 Å². The van der Waals surface area contributed by atoms with Gasteiger partial charge in [0.25, 0.3) is 5.91 Å². The lowest BCUT2D eigenvalue weighted by atomic mass is 9.88. The van der Waals surface area contributed by atoms with E-state index in [1.165, 1.54) is 12.1 Å². The number of rotatable bonds is 3. The second-order valence-electron chi connectivity index (χ2n) is 8.78. The Morgan fingerprint density at radius 2 is 1.68 bits per heavy atom. The van der Waals surface area contributed by atoms with Gasteiger partial charge in [0, 0.05) is 23.0 Å². The number of urea groups is 1. The standard InChI is InChI=1S/C27H21N3O4/c1-15-10-12-16(13-11-15)24-23-19(17-6-2-4-8-20(17)28-23)14-22-25(31)30(27(34)29(22)24)21-9-5-3-7-18(21)26(32)33/h2-13,22,24,28H,14H2,1H3,(H,32,33)/t22-,24+/m1/s1. The summed E-state index contributed by atoms with van der Waals surface area (Å²) in [6, 6.07) is 20.2. The van der Waals surface area contributed by atoms with Gasteiger partial charge in [-0.3, -0.25) is 9.69 Å². The molecule has 2 aliphatic rings. The maximum Gasteiger partial charge on any atom is 0.337 e. The number of benzene rings is 3. The van der Waals surface area contributed by atoms with Crippen LogP contribution in [0, 0.1) is 6.92 Å². The molecule has 1 aromatic heterocycles. The number of carbonyl (C=O) groups is 3. The molecule has 0 aliphatic carbocycles. The quantitative estimate of drug-likeness (QED) is 0.443. The third-order valence-electron chi connectivity index (χ3n) is 6.82. The van der Waals surface area contributed by atoms with Gasteiger partial charge >= 0.3 is 12.0 Å². The van der Waals surface area contributed by atoms with Crippen molar-refractivity contribution < 1.29 is 19.5 Å². The molecule has 2 N–H and O–H groups in total. The van der Waals surface area contributed by atoms with Gasteiger partial charge in [-0.05, 0) is 36.2 Å². The van der Waals surface area contributed by atoms with Crippen LogP contribution in [0.25, 0.3) is 10.9 Å². The number of H-pyrrole nitrogens is 1. The van der Waals surface area contributed by atoms with Crippen LogP contribution in [0.15, 0.2) is 72.8 Å². The highest BCUT2D eigenvalue weighted by Gasteiger charge is 2.53. The predicted molar refractivity (Wildman–Crippen MR) is 127 cm³/mol. The lowest BCUT2D eigenvalue weighted by Crippen LogP contribution is -2.44. The maximum absolute atomic E-state index is 13.8. The van der Waals surface area contributed by atoms with Crippen molar-refractivity contribution in [2.24, 2.45) is 0 Å². The third-order valence-corrected chi connectivity index (χ3v) is 6.82. The molecule has 0 spiro atoms. The molecule has 4 aromatic rings. The second-order valence-corrected chi connectivity index (χ2v) is 8.78. The number of hydrogen-bond acceptors (Lipinski definition) is 3. The molecule has 3 heterocycles. The largest absolute Gasteiger partial charge is 0.478 e. The van der Waals surface area contributed by atoms with Crippen LogP contribution in [-0.4, -0.2) is 38.9 Å². The minimum atomic E-state index is -1.19. The van der Waals surface area contributed by atoms with E-state index in [2.05, 4.69) is 4.98 Å². The molecular weight excluding hydrogens is 430 g/mol. The van der Waals surface area contributed by atoms with Crippen molar-refractivity contribution in [2.45, 2.75) is 25.4 Å². The first-order chi connectivity index (χ1) is 16.5. The summed E-state index contributed by atoms with van der Waals surface area (Å²) < 4.78 is 0. The van der Waals surface area contributed by atoms with Crippen molar-refractivity contribution in [2.75, 3.05) is 4.90 Å². The minimum Gasteiger partial charge on any atom is -0.478 e. The van der Waals surface area contributed by atoms with Crippen LogP contribution in [0.3, 0.4) is 0 Å². The number of anilines is 1. The molecule has 1 saturated heterocycles. The van der Waals surface area contributed by atoms with E-state index in [4.69, 9.17) is 0 Å². The molecule has 2 atom stereocenters. The molecule has 2 aliphatic heterocycles. The van der Waals surface area contributed by atoms with E-state index in [9.17, 15) is 19.5 Å². The van der Waals surface area contributed by atoms with Crippen LogP contribution in [0.2, 0.25) is 0 Å². The Kier molecular flexibility index (Phi) is 4.35. The van der Waals surface area contributed by atoms with Gasteiger partial charge in [0.15, 0.2) is 0 Å². The molecular formula is C27H21N3O4. The summed E-state index contributed by atoms with van der Waals surface area (Å²) in [5, 5.41) is 10.7. The highest BCUT2D eigenvalue weighted by molar-refractivity contribution is 6.23. The Hall–Kier alpha value is -4.39. The number of aromatic amines is 1. The molecule has 3 amide bonds. The Labute approximate surface area is 195 Å². The Balaban J connectivity index is 1.55. The van der Waals surface area contributed by atoms with Gasteiger partial charge in [0.2, 0.25) is 0 Å². The number of carboxylic acid groups (broad SMARTS) is 1. The van der Waals surface area contributed by atoms with Crippen LogP contribution in [0.1, 0.15) is 38.8 Å². The van der Waals surface area contributed by atoms with Crippen molar-refractivity contribution in [3.63, 3.8) is 0 Å². The summed E-state index contributed by atoms with van der Waals surface area (Å²) in [6.07, 6.45) is 0.359. The van der Waals surface area contributed by atoms with E-state index >= 15 is 0 Å². The summed E-state index contributed by atoms with van der Waals surface area (Å²) in [4.78, 5) is 45.5. The van der Waals surface area contributed by atoms with Crippen LogP contribution in [0.5, 0.6) is 0 Å². The summed E-state index contributed by atoms with van der Waals surface area (Å²) >= 11 is 0. The average Bonchev–Trinajstić information content (AvgIpc) is 3.33. The van der Waals surface area contributed by atoms with Gasteiger partial charge in [-0.25, -0.2) is 14.5 Å². The Morgan fingerprint density at radius 3 is 2.44 bits per heavy atom. The molecule has 0 saturated carbocycles. The SMILES string of the molecule is Cc1ccc([C@H]2c3[nH]c4ccccc4c3C[C@@H]3C(=O)N(c4ccccc4C(=O)O)C(=O)N23)cc1. The number of aromatic carboxylic acids is 1. The van der Waals surface area contributed by atoms with Crippen molar-refractivity contribution >= 4 is 34.5 Å². The smallest absolute Gasteiger partial charge is 0.337 e. The fourth-order valence-electron chi connectivity index (χ4n) is 5.24. The van der Waals surface area contributed by atoms with Crippen molar-refractivity contribution in [1.29, 1.82) is 0 Å². The monoisotopic (exact) mass is 451 g/mol. The topological polar surface area (TPSA) is 93.7 Å². The van der Waals surface area contributed by atoms with Gasteiger partial charge in [0.1, 0.15) is 12.1 Å². The zero-order valence-corrected chi connectivity index (χ0v) is 18.4. The van der Waals surface area contributed by atoms with E-state index in [1.807, 2.05) is 55.5 Å². The zero-order chi connectivity index (χ0) is 23.6. The average molecular weight is 451 g/mol. The Bertz CT molecular complexity index is 1490. The summed E-state index contributed by atoms with van der Waals surface area (Å²) in [5.74, 6) is -1.60. The van der Waals surface area contributed by atoms with Gasteiger partial charge < -0.3 is 10.1 Å². The first-order valence-corrected chi connectivity index (χ1v) is 11.1. The highest BCUT2D eigenvalue weighted by atomic mass is 16.4. The lowest BCUT2D eigenvalue weighted by Gasteiger charge is -2.36. The maximum atomic E-state index is 13.8. The predicted octanol–water partition coefficient (Wildman–Crippen LogP) is 4.66. The van der Waals surface area contributed by atoms with Crippen LogP contribution in [-0.2, 0) is 11.2 Å². The van der Waals surface area contributed by atoms with E-state index in [0.717, 1.165) is 38.2 Å². The first-order valence-electron chi connectivity index (χ1n) is 11.1. The molecule has 0 unspecified atom stereocenters. The summed E-state index contributed by atoms with van der Waals surface area (Å²) in [5.41, 5.74) is 4.84. The number of carboxylic acids is 1. The number of para-hydroxylation sites is 2. The van der Waals surface area contributed by atoms with Crippen LogP contribution >= 0.6 is 0 Å². The van der Waals surface area contributed by atoms with E-state index in [0.29, 0.717) is 6.42 Å². The van der Waals surface area contributed by atoms with Crippen LogP contribution in [0.4, 0.5) is 10.5 Å². The van der Waals surface area contributed by atoms with E-state index < -0.39 is 30.0 Å². The van der Waals surface area contributed by atoms with Gasteiger partial charge in [0.05, 0.1) is 11.3 Å². The molecule has 7 heteroatoms. The molecule has 34 heavy (non-hydrogen) atoms. The number of hydrogen-bond donors (Lipinski definition) is 2. The number of fused-ring (bicyclic) bond motifs is 4. The van der Waals surface area contributed by atoms with Gasteiger partial charge in [-0.15, -0.1) is 0 Å². The number of nitrogens with one attached hydrogen (secondary N) is 1. The molecule has 1 fully saturated rings. The fraction of sp³-hybridized carbons (Fsp3) is 0.148. The highest BCUT2D eigenvalue weighted by Crippen LogP contribution is 2.45. The Morgan fingerprint density at radius 1 is 0.971 bits per heavy atom. The minimum absolute atomic E-state index is 0.0834. The number of imide groups is 1. The third kappa shape index (κ3) is 2.80. The molecule has 3 aromatic carbocycles.